The lowest BCUT2D eigenvalue weighted by Crippen LogP contribution is -2.35. The van der Waals surface area contributed by atoms with Crippen LogP contribution in [0.1, 0.15) is 36.3 Å². The van der Waals surface area contributed by atoms with Gasteiger partial charge in [0.1, 0.15) is 9.97 Å². The zero-order valence-electron chi connectivity index (χ0n) is 14.5. The number of nitrogens with one attached hydrogen (secondary N) is 1. The lowest BCUT2D eigenvalue weighted by atomic mass is 10.1. The van der Waals surface area contributed by atoms with E-state index in [9.17, 15) is 13.2 Å². The van der Waals surface area contributed by atoms with Crippen molar-refractivity contribution >= 4 is 38.9 Å². The molecule has 0 bridgehead atoms. The van der Waals surface area contributed by atoms with Gasteiger partial charge in [-0.25, -0.2) is 13.1 Å². The second-order valence-corrected chi connectivity index (χ2v) is 9.98. The van der Waals surface area contributed by atoms with Gasteiger partial charge in [-0.3, -0.25) is 4.79 Å². The van der Waals surface area contributed by atoms with Crippen molar-refractivity contribution in [3.05, 3.63) is 33.5 Å². The van der Waals surface area contributed by atoms with Crippen molar-refractivity contribution in [1.29, 1.82) is 0 Å². The molecule has 0 aliphatic carbocycles. The predicted molar refractivity (Wildman–Crippen MR) is 98.7 cm³/mol. The highest BCUT2D eigenvalue weighted by atomic mass is 35.5. The Labute approximate surface area is 161 Å². The van der Waals surface area contributed by atoms with Gasteiger partial charge < -0.3 is 9.42 Å². The van der Waals surface area contributed by atoms with Crippen LogP contribution in [0.4, 0.5) is 0 Å². The molecular formula is C16H20ClN3O4S2. The van der Waals surface area contributed by atoms with Crippen molar-refractivity contribution in [2.24, 2.45) is 0 Å². The highest BCUT2D eigenvalue weighted by Crippen LogP contribution is 2.26. The summed E-state index contributed by atoms with van der Waals surface area (Å²) >= 11 is 6.84. The van der Waals surface area contributed by atoms with Crippen LogP contribution in [0, 0.1) is 13.8 Å². The molecule has 0 radical (unpaired) electrons. The molecule has 0 aromatic carbocycles. The van der Waals surface area contributed by atoms with Gasteiger partial charge in [-0.2, -0.15) is 0 Å². The van der Waals surface area contributed by atoms with E-state index in [2.05, 4.69) is 9.88 Å². The lowest BCUT2D eigenvalue weighted by Gasteiger charge is -2.21. The number of likely N-dealkylation sites (tertiary alicyclic amines) is 1. The number of aryl methyl sites for hydroxylation is 2. The van der Waals surface area contributed by atoms with E-state index in [4.69, 9.17) is 16.1 Å². The number of hydrogen-bond donors (Lipinski definition) is 1. The molecule has 10 heteroatoms. The van der Waals surface area contributed by atoms with Gasteiger partial charge in [0.15, 0.2) is 0 Å². The SMILES string of the molecule is Cc1noc(C)c1CN1CCC(NS(=O)(=O)c2ccc(Cl)s2)CCC1=O. The minimum absolute atomic E-state index is 0.00543. The molecule has 1 atom stereocenters. The number of rotatable bonds is 5. The Morgan fingerprint density at radius 1 is 1.38 bits per heavy atom. The maximum atomic E-state index is 12.5. The molecule has 1 aliphatic rings. The van der Waals surface area contributed by atoms with E-state index < -0.39 is 10.0 Å². The van der Waals surface area contributed by atoms with E-state index in [0.29, 0.717) is 42.4 Å². The summed E-state index contributed by atoms with van der Waals surface area (Å²) in [4.78, 5) is 14.2. The van der Waals surface area contributed by atoms with Crippen LogP contribution in [0.3, 0.4) is 0 Å². The molecule has 3 rings (SSSR count). The minimum Gasteiger partial charge on any atom is -0.361 e. The zero-order valence-corrected chi connectivity index (χ0v) is 16.9. The molecule has 1 fully saturated rings. The third kappa shape index (κ3) is 4.28. The average Bonchev–Trinajstić information content (AvgIpc) is 3.10. The summed E-state index contributed by atoms with van der Waals surface area (Å²) < 4.78 is 33.4. The van der Waals surface area contributed by atoms with E-state index >= 15 is 0 Å². The second kappa shape index (κ2) is 7.67. The first-order chi connectivity index (χ1) is 12.3. The van der Waals surface area contributed by atoms with Crippen LogP contribution in [0.2, 0.25) is 4.34 Å². The van der Waals surface area contributed by atoms with Gasteiger partial charge in [-0.05, 0) is 38.8 Å². The summed E-state index contributed by atoms with van der Waals surface area (Å²) in [6, 6.07) is 2.75. The predicted octanol–water partition coefficient (Wildman–Crippen LogP) is 2.87. The third-order valence-electron chi connectivity index (χ3n) is 4.47. The molecule has 1 N–H and O–H groups in total. The monoisotopic (exact) mass is 417 g/mol. The number of sulfonamides is 1. The smallest absolute Gasteiger partial charge is 0.250 e. The Balaban J connectivity index is 1.66. The van der Waals surface area contributed by atoms with Crippen molar-refractivity contribution < 1.29 is 17.7 Å². The van der Waals surface area contributed by atoms with Gasteiger partial charge in [0.25, 0.3) is 0 Å². The van der Waals surface area contributed by atoms with Gasteiger partial charge in [0.2, 0.25) is 15.9 Å². The Hall–Kier alpha value is -1.42. The summed E-state index contributed by atoms with van der Waals surface area (Å²) in [6.45, 7) is 4.57. The quantitative estimate of drug-likeness (QED) is 0.807. The van der Waals surface area contributed by atoms with E-state index in [-0.39, 0.29) is 16.2 Å². The van der Waals surface area contributed by atoms with Crippen molar-refractivity contribution in [1.82, 2.24) is 14.8 Å². The number of carbonyl (C=O) groups is 1. The second-order valence-electron chi connectivity index (χ2n) is 6.32. The Morgan fingerprint density at radius 2 is 2.15 bits per heavy atom. The summed E-state index contributed by atoms with van der Waals surface area (Å²) in [5.41, 5.74) is 1.68. The van der Waals surface area contributed by atoms with Crippen molar-refractivity contribution in [2.45, 2.75) is 49.9 Å². The molecule has 1 amide bonds. The largest absolute Gasteiger partial charge is 0.361 e. The summed E-state index contributed by atoms with van der Waals surface area (Å²) in [6.07, 6.45) is 1.31. The van der Waals surface area contributed by atoms with E-state index in [1.54, 1.807) is 11.0 Å². The molecule has 2 aromatic heterocycles. The molecule has 2 aromatic rings. The summed E-state index contributed by atoms with van der Waals surface area (Å²) in [7, 11) is -3.62. The van der Waals surface area contributed by atoms with Gasteiger partial charge in [-0.1, -0.05) is 16.8 Å². The number of halogens is 1. The fourth-order valence-electron chi connectivity index (χ4n) is 2.96. The molecule has 0 saturated carbocycles. The molecule has 142 valence electrons. The number of carbonyl (C=O) groups excluding carboxylic acids is 1. The van der Waals surface area contributed by atoms with E-state index in [1.165, 1.54) is 6.07 Å². The van der Waals surface area contributed by atoms with Crippen LogP contribution < -0.4 is 4.72 Å². The first-order valence-corrected chi connectivity index (χ1v) is 10.9. The maximum absolute atomic E-state index is 12.5. The van der Waals surface area contributed by atoms with Crippen LogP contribution in [0.15, 0.2) is 20.9 Å². The molecule has 26 heavy (non-hydrogen) atoms. The highest BCUT2D eigenvalue weighted by molar-refractivity contribution is 7.91. The van der Waals surface area contributed by atoms with Crippen LogP contribution in [-0.4, -0.2) is 37.0 Å². The van der Waals surface area contributed by atoms with Crippen LogP contribution in [0.5, 0.6) is 0 Å². The number of nitrogens with zero attached hydrogens (tertiary/aromatic N) is 2. The van der Waals surface area contributed by atoms with E-state index in [0.717, 1.165) is 22.6 Å². The fraction of sp³-hybridized carbons (Fsp3) is 0.500. The van der Waals surface area contributed by atoms with E-state index in [1.807, 2.05) is 13.8 Å². The topological polar surface area (TPSA) is 92.5 Å². The molecule has 3 heterocycles. The highest BCUT2D eigenvalue weighted by Gasteiger charge is 2.28. The Morgan fingerprint density at radius 3 is 2.77 bits per heavy atom. The molecule has 1 saturated heterocycles. The summed E-state index contributed by atoms with van der Waals surface area (Å²) in [5.74, 6) is 0.706. The van der Waals surface area contributed by atoms with Crippen LogP contribution in [-0.2, 0) is 21.4 Å². The third-order valence-corrected chi connectivity index (χ3v) is 7.72. The number of hydrogen-bond acceptors (Lipinski definition) is 6. The van der Waals surface area contributed by atoms with Crippen molar-refractivity contribution in [3.63, 3.8) is 0 Å². The minimum atomic E-state index is -3.62. The van der Waals surface area contributed by atoms with Crippen LogP contribution in [0.25, 0.3) is 0 Å². The molecule has 1 unspecified atom stereocenters. The molecule has 1 aliphatic heterocycles. The standard InChI is InChI=1S/C16H20ClN3O4S2/c1-10-13(11(2)24-18-10)9-20-8-7-12(3-5-15(20)21)19-26(22,23)16-6-4-14(17)25-16/h4,6,12,19H,3,5,7-9H2,1-2H3. The normalized spacial score (nSPS) is 19.0. The van der Waals surface area contributed by atoms with Crippen molar-refractivity contribution in [2.75, 3.05) is 6.54 Å². The number of aromatic nitrogens is 1. The first-order valence-electron chi connectivity index (χ1n) is 8.23. The number of amides is 1. The zero-order chi connectivity index (χ0) is 18.9. The van der Waals surface area contributed by atoms with Gasteiger partial charge in [-0.15, -0.1) is 11.3 Å². The maximum Gasteiger partial charge on any atom is 0.250 e. The summed E-state index contributed by atoms with van der Waals surface area (Å²) in [5, 5.41) is 3.91. The van der Waals surface area contributed by atoms with Gasteiger partial charge in [0, 0.05) is 24.6 Å². The molecule has 7 nitrogen and oxygen atoms in total. The van der Waals surface area contributed by atoms with Crippen molar-refractivity contribution in [3.8, 4) is 0 Å². The molecular weight excluding hydrogens is 398 g/mol. The van der Waals surface area contributed by atoms with Crippen LogP contribution >= 0.6 is 22.9 Å². The molecule has 0 spiro atoms. The van der Waals surface area contributed by atoms with Gasteiger partial charge in [0.05, 0.1) is 16.6 Å². The first kappa shape index (κ1) is 19.3. The fourth-order valence-corrected chi connectivity index (χ4v) is 5.76. The lowest BCUT2D eigenvalue weighted by molar-refractivity contribution is -0.131. The van der Waals surface area contributed by atoms with Gasteiger partial charge >= 0.3 is 0 Å². The average molecular weight is 418 g/mol. The number of thiophene rings is 1. The Kier molecular flexibility index (Phi) is 5.71. The Bertz CT molecular complexity index is 887.